The van der Waals surface area contributed by atoms with Crippen LogP contribution in [-0.2, 0) is 6.54 Å². The van der Waals surface area contributed by atoms with Gasteiger partial charge < -0.3 is 9.84 Å². The number of halogens is 1. The molecule has 1 aromatic heterocycles. The van der Waals surface area contributed by atoms with Gasteiger partial charge in [-0.3, -0.25) is 4.79 Å². The van der Waals surface area contributed by atoms with Crippen LogP contribution in [0, 0.1) is 5.82 Å². The van der Waals surface area contributed by atoms with Gasteiger partial charge in [0.25, 0.3) is 5.56 Å². The van der Waals surface area contributed by atoms with Crippen LogP contribution in [0.3, 0.4) is 0 Å². The Hall–Kier alpha value is -2.70. The Kier molecular flexibility index (Phi) is 3.79. The third kappa shape index (κ3) is 2.82. The highest BCUT2D eigenvalue weighted by Crippen LogP contribution is 2.13. The van der Waals surface area contributed by atoms with Crippen LogP contribution >= 0.6 is 0 Å². The molecule has 0 fully saturated rings. The number of aromatic carboxylic acids is 1. The van der Waals surface area contributed by atoms with Crippen LogP contribution in [0.2, 0.25) is 0 Å². The van der Waals surface area contributed by atoms with Crippen molar-refractivity contribution in [2.24, 2.45) is 0 Å². The Bertz CT molecular complexity index is 712. The van der Waals surface area contributed by atoms with Crippen molar-refractivity contribution in [2.45, 2.75) is 6.54 Å². The van der Waals surface area contributed by atoms with Crippen LogP contribution in [0.4, 0.5) is 4.39 Å². The molecular weight excluding hydrogens is 267 g/mol. The summed E-state index contributed by atoms with van der Waals surface area (Å²) in [5.41, 5.74) is -0.366. The zero-order chi connectivity index (χ0) is 14.7. The van der Waals surface area contributed by atoms with Crippen molar-refractivity contribution >= 4 is 5.97 Å². The molecule has 2 aromatic rings. The molecule has 2 rings (SSSR count). The van der Waals surface area contributed by atoms with Crippen molar-refractivity contribution in [3.63, 3.8) is 0 Å². The number of hydrogen-bond donors (Lipinski definition) is 1. The molecule has 7 heteroatoms. The van der Waals surface area contributed by atoms with Gasteiger partial charge in [0.2, 0.25) is 5.88 Å². The summed E-state index contributed by atoms with van der Waals surface area (Å²) in [7, 11) is 1.39. The van der Waals surface area contributed by atoms with E-state index >= 15 is 0 Å². The van der Waals surface area contributed by atoms with Crippen LogP contribution in [0.5, 0.6) is 5.88 Å². The van der Waals surface area contributed by atoms with E-state index in [2.05, 4.69) is 5.10 Å². The van der Waals surface area contributed by atoms with Crippen molar-refractivity contribution in [1.82, 2.24) is 9.78 Å². The van der Waals surface area contributed by atoms with Gasteiger partial charge in [0.05, 0.1) is 19.2 Å². The Balaban J connectivity index is 2.46. The average Bonchev–Trinajstić information content (AvgIpc) is 2.41. The van der Waals surface area contributed by atoms with E-state index in [0.717, 1.165) is 22.9 Å². The predicted molar refractivity (Wildman–Crippen MR) is 67.5 cm³/mol. The monoisotopic (exact) mass is 278 g/mol. The predicted octanol–water partition coefficient (Wildman–Crippen LogP) is 1.14. The second kappa shape index (κ2) is 5.52. The Morgan fingerprint density at radius 3 is 2.80 bits per heavy atom. The van der Waals surface area contributed by atoms with Crippen molar-refractivity contribution in [3.05, 3.63) is 57.6 Å². The number of carboxylic acids is 1. The fourth-order valence-corrected chi connectivity index (χ4v) is 1.72. The van der Waals surface area contributed by atoms with Crippen molar-refractivity contribution in [1.29, 1.82) is 0 Å². The molecule has 6 nitrogen and oxygen atoms in total. The number of ether oxygens (including phenoxy) is 1. The van der Waals surface area contributed by atoms with E-state index < -0.39 is 17.3 Å². The minimum absolute atomic E-state index is 0.0806. The Morgan fingerprint density at radius 1 is 1.40 bits per heavy atom. The van der Waals surface area contributed by atoms with Gasteiger partial charge in [-0.1, -0.05) is 0 Å². The van der Waals surface area contributed by atoms with Crippen LogP contribution in [0.1, 0.15) is 15.9 Å². The summed E-state index contributed by atoms with van der Waals surface area (Å²) in [6.45, 7) is -0.157. The summed E-state index contributed by atoms with van der Waals surface area (Å²) >= 11 is 0. The smallest absolute Gasteiger partial charge is 0.336 e. The molecule has 0 aliphatic heterocycles. The van der Waals surface area contributed by atoms with Gasteiger partial charge in [-0.15, -0.1) is 5.10 Å². The second-order valence-electron chi connectivity index (χ2n) is 3.98. The summed E-state index contributed by atoms with van der Waals surface area (Å²) in [6.07, 6.45) is 0. The lowest BCUT2D eigenvalue weighted by Crippen LogP contribution is -2.23. The van der Waals surface area contributed by atoms with E-state index in [1.165, 1.54) is 19.2 Å². The molecule has 104 valence electrons. The van der Waals surface area contributed by atoms with Gasteiger partial charge in [0.1, 0.15) is 5.82 Å². The van der Waals surface area contributed by atoms with Gasteiger partial charge in [0, 0.05) is 12.1 Å². The molecule has 1 heterocycles. The van der Waals surface area contributed by atoms with Crippen molar-refractivity contribution in [3.8, 4) is 5.88 Å². The fourth-order valence-electron chi connectivity index (χ4n) is 1.72. The van der Waals surface area contributed by atoms with E-state index in [9.17, 15) is 14.0 Å². The van der Waals surface area contributed by atoms with Gasteiger partial charge in [-0.25, -0.2) is 13.9 Å². The first-order valence-corrected chi connectivity index (χ1v) is 5.65. The lowest BCUT2D eigenvalue weighted by molar-refractivity contribution is 0.0695. The molecule has 0 saturated carbocycles. The number of rotatable bonds is 4. The zero-order valence-electron chi connectivity index (χ0n) is 10.5. The molecule has 0 unspecified atom stereocenters. The van der Waals surface area contributed by atoms with Crippen molar-refractivity contribution in [2.75, 3.05) is 7.11 Å². The molecule has 1 N–H and O–H groups in total. The number of aromatic nitrogens is 2. The van der Waals surface area contributed by atoms with Crippen molar-refractivity contribution < 1.29 is 19.0 Å². The molecule has 0 bridgehead atoms. The highest BCUT2D eigenvalue weighted by Gasteiger charge is 2.12. The zero-order valence-corrected chi connectivity index (χ0v) is 10.5. The minimum Gasteiger partial charge on any atom is -0.480 e. The quantitative estimate of drug-likeness (QED) is 0.906. The standard InChI is InChI=1S/C13H11FN2O4/c1-20-11-4-5-12(17)16(15-11)7-8-6-9(14)2-3-10(8)13(18)19/h2-6H,7H2,1H3,(H,18,19). The van der Waals surface area contributed by atoms with Crippen LogP contribution in [0.15, 0.2) is 35.1 Å². The third-order valence-corrected chi connectivity index (χ3v) is 2.67. The van der Waals surface area contributed by atoms with Crippen LogP contribution < -0.4 is 10.3 Å². The normalized spacial score (nSPS) is 10.3. The molecule has 1 aromatic carbocycles. The summed E-state index contributed by atoms with van der Waals surface area (Å²) in [5, 5.41) is 12.9. The molecule has 20 heavy (non-hydrogen) atoms. The average molecular weight is 278 g/mol. The SMILES string of the molecule is COc1ccc(=O)n(Cc2cc(F)ccc2C(=O)O)n1. The van der Waals surface area contributed by atoms with Gasteiger partial charge in [0.15, 0.2) is 0 Å². The highest BCUT2D eigenvalue weighted by molar-refractivity contribution is 5.89. The van der Waals surface area contributed by atoms with E-state index in [0.29, 0.717) is 0 Å². The van der Waals surface area contributed by atoms with Crippen LogP contribution in [-0.4, -0.2) is 28.0 Å². The molecule has 0 spiro atoms. The fraction of sp³-hybridized carbons (Fsp3) is 0.154. The number of hydrogen-bond acceptors (Lipinski definition) is 4. The lowest BCUT2D eigenvalue weighted by atomic mass is 10.1. The third-order valence-electron chi connectivity index (χ3n) is 2.67. The number of methoxy groups -OCH3 is 1. The summed E-state index contributed by atoms with van der Waals surface area (Å²) in [4.78, 5) is 22.7. The van der Waals surface area contributed by atoms with E-state index in [4.69, 9.17) is 9.84 Å². The minimum atomic E-state index is -1.20. The first-order chi connectivity index (χ1) is 9.51. The summed E-state index contributed by atoms with van der Waals surface area (Å²) in [5.74, 6) is -1.57. The number of carboxylic acid groups (broad SMARTS) is 1. The molecule has 0 saturated heterocycles. The Labute approximate surface area is 113 Å². The maximum Gasteiger partial charge on any atom is 0.336 e. The highest BCUT2D eigenvalue weighted by atomic mass is 19.1. The van der Waals surface area contributed by atoms with Gasteiger partial charge in [-0.2, -0.15) is 0 Å². The number of benzene rings is 1. The molecule has 0 aliphatic rings. The maximum absolute atomic E-state index is 13.2. The van der Waals surface area contributed by atoms with E-state index in [1.54, 1.807) is 0 Å². The van der Waals surface area contributed by atoms with Gasteiger partial charge in [-0.05, 0) is 23.8 Å². The summed E-state index contributed by atoms with van der Waals surface area (Å²) in [6, 6.07) is 5.90. The van der Waals surface area contributed by atoms with E-state index in [1.807, 2.05) is 0 Å². The molecular formula is C13H11FN2O4. The largest absolute Gasteiger partial charge is 0.480 e. The topological polar surface area (TPSA) is 81.4 Å². The molecule has 0 atom stereocenters. The van der Waals surface area contributed by atoms with Crippen LogP contribution in [0.25, 0.3) is 0 Å². The lowest BCUT2D eigenvalue weighted by Gasteiger charge is -2.09. The number of carbonyl (C=O) groups is 1. The first-order valence-electron chi connectivity index (χ1n) is 5.65. The molecule has 0 aliphatic carbocycles. The Morgan fingerprint density at radius 2 is 2.15 bits per heavy atom. The van der Waals surface area contributed by atoms with Gasteiger partial charge >= 0.3 is 5.97 Å². The molecule has 0 amide bonds. The maximum atomic E-state index is 13.2. The first kappa shape index (κ1) is 13.7. The molecule has 0 radical (unpaired) electrons. The van der Waals surface area contributed by atoms with E-state index in [-0.39, 0.29) is 23.6 Å². The second-order valence-corrected chi connectivity index (χ2v) is 3.98. The summed E-state index contributed by atoms with van der Waals surface area (Å²) < 4.78 is 19.1. The number of nitrogens with zero attached hydrogens (tertiary/aromatic N) is 2.